The third-order valence-electron chi connectivity index (χ3n) is 1.92. The molecule has 0 N–H and O–H groups in total. The van der Waals surface area contributed by atoms with E-state index in [-0.39, 0.29) is 0 Å². The highest BCUT2D eigenvalue weighted by Gasteiger charge is 2.21. The highest BCUT2D eigenvalue weighted by molar-refractivity contribution is 4.95. The second-order valence-corrected chi connectivity index (χ2v) is 3.12. The van der Waals surface area contributed by atoms with Gasteiger partial charge in [-0.2, -0.15) is 5.10 Å². The number of hydrogen-bond donors (Lipinski definition) is 0. The van der Waals surface area contributed by atoms with Gasteiger partial charge in [0.25, 0.3) is 0 Å². The average molecular weight is 136 g/mol. The van der Waals surface area contributed by atoms with E-state index in [0.29, 0.717) is 0 Å². The smallest absolute Gasteiger partial charge is 0.0593 e. The Balaban J connectivity index is 2.03. The minimum absolute atomic E-state index is 0.930. The van der Waals surface area contributed by atoms with Gasteiger partial charge in [0.2, 0.25) is 0 Å². The standard InChI is InChI=1S/C8H12N2/c1-7-4-5-10(9-7)6-8-2-3-8/h4-5,8H,2-3,6H2,1H3. The molecular formula is C8H12N2. The zero-order valence-corrected chi connectivity index (χ0v) is 6.25. The lowest BCUT2D eigenvalue weighted by Gasteiger charge is -1.95. The van der Waals surface area contributed by atoms with E-state index in [9.17, 15) is 0 Å². The molecule has 1 aromatic rings. The first kappa shape index (κ1) is 5.96. The zero-order chi connectivity index (χ0) is 6.97. The van der Waals surface area contributed by atoms with E-state index in [0.717, 1.165) is 18.2 Å². The van der Waals surface area contributed by atoms with Crippen molar-refractivity contribution < 1.29 is 0 Å². The Morgan fingerprint density at radius 2 is 2.50 bits per heavy atom. The van der Waals surface area contributed by atoms with Gasteiger partial charge in [-0.25, -0.2) is 0 Å². The van der Waals surface area contributed by atoms with E-state index in [4.69, 9.17) is 0 Å². The molecule has 1 aliphatic carbocycles. The van der Waals surface area contributed by atoms with E-state index < -0.39 is 0 Å². The summed E-state index contributed by atoms with van der Waals surface area (Å²) in [4.78, 5) is 0. The fraction of sp³-hybridized carbons (Fsp3) is 0.625. The maximum absolute atomic E-state index is 4.31. The van der Waals surface area contributed by atoms with E-state index >= 15 is 0 Å². The molecule has 0 aliphatic heterocycles. The van der Waals surface area contributed by atoms with Gasteiger partial charge in [-0.3, -0.25) is 4.68 Å². The molecule has 0 unspecified atom stereocenters. The van der Waals surface area contributed by atoms with Crippen molar-refractivity contribution in [3.8, 4) is 0 Å². The molecule has 1 saturated carbocycles. The second-order valence-electron chi connectivity index (χ2n) is 3.12. The largest absolute Gasteiger partial charge is 0.272 e. The van der Waals surface area contributed by atoms with Crippen LogP contribution in [0.2, 0.25) is 0 Å². The minimum atomic E-state index is 0.930. The van der Waals surface area contributed by atoms with Crippen molar-refractivity contribution in [1.82, 2.24) is 9.78 Å². The van der Waals surface area contributed by atoms with Gasteiger partial charge in [-0.1, -0.05) is 0 Å². The zero-order valence-electron chi connectivity index (χ0n) is 6.25. The highest BCUT2D eigenvalue weighted by Crippen LogP contribution is 2.30. The lowest BCUT2D eigenvalue weighted by Crippen LogP contribution is -1.99. The summed E-state index contributed by atoms with van der Waals surface area (Å²) in [6, 6.07) is 2.06. The van der Waals surface area contributed by atoms with Gasteiger partial charge in [0.15, 0.2) is 0 Å². The van der Waals surface area contributed by atoms with Crippen molar-refractivity contribution in [3.05, 3.63) is 18.0 Å². The molecule has 1 heterocycles. The van der Waals surface area contributed by atoms with Crippen LogP contribution in [0, 0.1) is 12.8 Å². The van der Waals surface area contributed by atoms with Crippen LogP contribution in [0.1, 0.15) is 18.5 Å². The summed E-state index contributed by atoms with van der Waals surface area (Å²) in [5.74, 6) is 0.930. The van der Waals surface area contributed by atoms with Crippen molar-refractivity contribution in [3.63, 3.8) is 0 Å². The van der Waals surface area contributed by atoms with E-state index in [2.05, 4.69) is 17.4 Å². The van der Waals surface area contributed by atoms with Gasteiger partial charge in [-0.15, -0.1) is 0 Å². The second kappa shape index (κ2) is 2.11. The Labute approximate surface area is 60.9 Å². The maximum Gasteiger partial charge on any atom is 0.0593 e. The molecule has 0 saturated heterocycles. The van der Waals surface area contributed by atoms with Crippen molar-refractivity contribution in [2.75, 3.05) is 0 Å². The summed E-state index contributed by atoms with van der Waals surface area (Å²) >= 11 is 0. The molecule has 1 aliphatic rings. The molecule has 2 rings (SSSR count). The Bertz CT molecular complexity index is 223. The normalized spacial score (nSPS) is 17.7. The first-order valence-electron chi connectivity index (χ1n) is 3.84. The summed E-state index contributed by atoms with van der Waals surface area (Å²) in [7, 11) is 0. The molecule has 1 aromatic heterocycles. The Morgan fingerprint density at radius 1 is 1.70 bits per heavy atom. The molecule has 0 aromatic carbocycles. The summed E-state index contributed by atoms with van der Waals surface area (Å²) in [5.41, 5.74) is 1.13. The van der Waals surface area contributed by atoms with E-state index in [1.807, 2.05) is 11.6 Å². The first-order chi connectivity index (χ1) is 4.84. The molecule has 54 valence electrons. The van der Waals surface area contributed by atoms with Gasteiger partial charge in [-0.05, 0) is 31.7 Å². The van der Waals surface area contributed by atoms with Crippen LogP contribution in [0.5, 0.6) is 0 Å². The molecular weight excluding hydrogens is 124 g/mol. The number of aromatic nitrogens is 2. The molecule has 0 radical (unpaired) electrons. The van der Waals surface area contributed by atoms with Gasteiger partial charge in [0.1, 0.15) is 0 Å². The molecule has 2 heteroatoms. The van der Waals surface area contributed by atoms with Crippen LogP contribution in [0.4, 0.5) is 0 Å². The van der Waals surface area contributed by atoms with Crippen LogP contribution in [0.25, 0.3) is 0 Å². The molecule has 0 amide bonds. The van der Waals surface area contributed by atoms with Gasteiger partial charge < -0.3 is 0 Å². The Hall–Kier alpha value is -0.790. The van der Waals surface area contributed by atoms with Crippen LogP contribution in [-0.4, -0.2) is 9.78 Å². The van der Waals surface area contributed by atoms with Crippen molar-refractivity contribution in [1.29, 1.82) is 0 Å². The van der Waals surface area contributed by atoms with Gasteiger partial charge in [0.05, 0.1) is 5.69 Å². The average Bonchev–Trinajstić information content (AvgIpc) is 2.59. The van der Waals surface area contributed by atoms with Crippen molar-refractivity contribution in [2.24, 2.45) is 5.92 Å². The van der Waals surface area contributed by atoms with E-state index in [1.54, 1.807) is 0 Å². The van der Waals surface area contributed by atoms with Gasteiger partial charge in [0, 0.05) is 12.7 Å². The summed E-state index contributed by atoms with van der Waals surface area (Å²) < 4.78 is 2.05. The number of rotatable bonds is 2. The predicted molar refractivity (Wildman–Crippen MR) is 39.7 cm³/mol. The monoisotopic (exact) mass is 136 g/mol. The topological polar surface area (TPSA) is 17.8 Å². The van der Waals surface area contributed by atoms with Crippen LogP contribution < -0.4 is 0 Å². The van der Waals surface area contributed by atoms with Crippen LogP contribution in [0.15, 0.2) is 12.3 Å². The SMILES string of the molecule is Cc1ccn(CC2CC2)n1. The Morgan fingerprint density at radius 3 is 3.00 bits per heavy atom. The first-order valence-corrected chi connectivity index (χ1v) is 3.84. The summed E-state index contributed by atoms with van der Waals surface area (Å²) in [6.07, 6.45) is 4.87. The molecule has 0 spiro atoms. The highest BCUT2D eigenvalue weighted by atomic mass is 15.3. The minimum Gasteiger partial charge on any atom is -0.272 e. The maximum atomic E-state index is 4.31. The predicted octanol–water partition coefficient (Wildman–Crippen LogP) is 1.60. The number of aryl methyl sites for hydroxylation is 1. The molecule has 2 nitrogen and oxygen atoms in total. The fourth-order valence-corrected chi connectivity index (χ4v) is 1.13. The van der Waals surface area contributed by atoms with Crippen LogP contribution in [-0.2, 0) is 6.54 Å². The lowest BCUT2D eigenvalue weighted by molar-refractivity contribution is 0.560. The Kier molecular flexibility index (Phi) is 1.26. The van der Waals surface area contributed by atoms with Crippen molar-refractivity contribution >= 4 is 0 Å². The lowest BCUT2D eigenvalue weighted by atomic mass is 10.4. The molecule has 0 bridgehead atoms. The number of hydrogen-bond acceptors (Lipinski definition) is 1. The quantitative estimate of drug-likeness (QED) is 0.604. The summed E-state index contributed by atoms with van der Waals surface area (Å²) in [5, 5.41) is 4.31. The molecule has 1 fully saturated rings. The van der Waals surface area contributed by atoms with Crippen LogP contribution >= 0.6 is 0 Å². The fourth-order valence-electron chi connectivity index (χ4n) is 1.13. The summed E-state index contributed by atoms with van der Waals surface area (Å²) in [6.45, 7) is 3.16. The van der Waals surface area contributed by atoms with Crippen LogP contribution in [0.3, 0.4) is 0 Å². The third-order valence-corrected chi connectivity index (χ3v) is 1.92. The molecule has 0 atom stereocenters. The third kappa shape index (κ3) is 1.20. The molecule has 10 heavy (non-hydrogen) atoms. The number of nitrogens with zero attached hydrogens (tertiary/aromatic N) is 2. The van der Waals surface area contributed by atoms with E-state index in [1.165, 1.54) is 12.8 Å². The van der Waals surface area contributed by atoms with Crippen molar-refractivity contribution in [2.45, 2.75) is 26.3 Å². The van der Waals surface area contributed by atoms with Gasteiger partial charge >= 0.3 is 0 Å².